The third-order valence-electron chi connectivity index (χ3n) is 4.23. The van der Waals surface area contributed by atoms with Crippen LogP contribution >= 0.6 is 0 Å². The van der Waals surface area contributed by atoms with E-state index in [4.69, 9.17) is 10.8 Å². The molecule has 0 aromatic carbocycles. The normalized spacial score (nSPS) is 30.0. The van der Waals surface area contributed by atoms with Crippen LogP contribution in [0.4, 0.5) is 4.79 Å². The Morgan fingerprint density at radius 3 is 2.50 bits per heavy atom. The monoisotopic (exact) mass is 283 g/mol. The maximum atomic E-state index is 12.1. The first-order valence-electron chi connectivity index (χ1n) is 7.05. The number of hydrogen-bond donors (Lipinski definition) is 3. The minimum Gasteiger partial charge on any atom is -0.481 e. The topological polar surface area (TPSA) is 113 Å². The highest BCUT2D eigenvalue weighted by molar-refractivity contribution is 5.80. The first-order valence-corrected chi connectivity index (χ1v) is 7.05. The second-order valence-electron chi connectivity index (χ2n) is 5.68. The summed E-state index contributed by atoms with van der Waals surface area (Å²) in [5.74, 6) is -1.80. The number of hydrogen-bond acceptors (Lipinski definition) is 3. The molecule has 7 nitrogen and oxygen atoms in total. The van der Waals surface area contributed by atoms with Crippen LogP contribution < -0.4 is 11.1 Å². The average Bonchev–Trinajstić information content (AvgIpc) is 2.88. The molecule has 2 aliphatic rings. The second-order valence-corrected chi connectivity index (χ2v) is 5.68. The molecule has 112 valence electrons. The van der Waals surface area contributed by atoms with E-state index < -0.39 is 5.97 Å². The fourth-order valence-electron chi connectivity index (χ4n) is 2.99. The molecule has 1 saturated carbocycles. The molecule has 0 radical (unpaired) electrons. The van der Waals surface area contributed by atoms with Crippen LogP contribution in [-0.4, -0.2) is 47.0 Å². The van der Waals surface area contributed by atoms with Gasteiger partial charge < -0.3 is 21.1 Å². The number of primary amides is 1. The van der Waals surface area contributed by atoms with Crippen molar-refractivity contribution in [1.29, 1.82) is 0 Å². The number of nitrogens with zero attached hydrogens (tertiary/aromatic N) is 1. The number of amides is 3. The van der Waals surface area contributed by atoms with Crippen LogP contribution in [0.2, 0.25) is 0 Å². The molecular formula is C13H21N3O4. The molecule has 1 aliphatic heterocycles. The van der Waals surface area contributed by atoms with Crippen molar-refractivity contribution in [3.05, 3.63) is 0 Å². The molecule has 2 fully saturated rings. The minimum absolute atomic E-state index is 0.0926. The maximum Gasteiger partial charge on any atom is 0.317 e. The smallest absolute Gasteiger partial charge is 0.317 e. The molecule has 2 rings (SSSR count). The molecule has 20 heavy (non-hydrogen) atoms. The standard InChI is InChI=1S/C13H21N3O4/c14-11(17)9-4-5-16(7-9)13(20)15-10-3-1-2-8(6-10)12(18)19/h8-10H,1-7H2,(H2,14,17)(H,15,20)(H,18,19). The van der Waals surface area contributed by atoms with Crippen LogP contribution in [-0.2, 0) is 9.59 Å². The summed E-state index contributed by atoms with van der Waals surface area (Å²) < 4.78 is 0. The van der Waals surface area contributed by atoms with Gasteiger partial charge in [-0.05, 0) is 25.7 Å². The molecule has 4 N–H and O–H groups in total. The van der Waals surface area contributed by atoms with Gasteiger partial charge in [0, 0.05) is 19.1 Å². The van der Waals surface area contributed by atoms with Gasteiger partial charge in [-0.3, -0.25) is 9.59 Å². The van der Waals surface area contributed by atoms with Gasteiger partial charge in [0.2, 0.25) is 5.91 Å². The number of nitrogens with two attached hydrogens (primary N) is 1. The Labute approximate surface area is 117 Å². The number of carboxylic acids is 1. The van der Waals surface area contributed by atoms with Gasteiger partial charge in [-0.2, -0.15) is 0 Å². The largest absolute Gasteiger partial charge is 0.481 e. The summed E-state index contributed by atoms with van der Waals surface area (Å²) in [5.41, 5.74) is 5.23. The summed E-state index contributed by atoms with van der Waals surface area (Å²) in [4.78, 5) is 35.7. The van der Waals surface area contributed by atoms with Gasteiger partial charge in [0.15, 0.2) is 0 Å². The van der Waals surface area contributed by atoms with Gasteiger partial charge in [0.25, 0.3) is 0 Å². The van der Waals surface area contributed by atoms with Gasteiger partial charge in [-0.1, -0.05) is 6.42 Å². The van der Waals surface area contributed by atoms with Crippen LogP contribution in [0, 0.1) is 11.8 Å². The van der Waals surface area contributed by atoms with Crippen molar-refractivity contribution in [1.82, 2.24) is 10.2 Å². The van der Waals surface area contributed by atoms with Crippen LogP contribution in [0.1, 0.15) is 32.1 Å². The Bertz CT molecular complexity index is 412. The van der Waals surface area contributed by atoms with Crippen LogP contribution in [0.25, 0.3) is 0 Å². The molecule has 3 atom stereocenters. The molecule has 3 unspecified atom stereocenters. The number of rotatable bonds is 3. The molecule has 0 aromatic rings. The number of likely N-dealkylation sites (tertiary alicyclic amines) is 1. The average molecular weight is 283 g/mol. The third kappa shape index (κ3) is 3.40. The van der Waals surface area contributed by atoms with E-state index in [2.05, 4.69) is 5.32 Å². The first-order chi connectivity index (χ1) is 9.47. The maximum absolute atomic E-state index is 12.1. The van der Waals surface area contributed by atoms with Gasteiger partial charge >= 0.3 is 12.0 Å². The molecule has 7 heteroatoms. The van der Waals surface area contributed by atoms with Gasteiger partial charge in [-0.15, -0.1) is 0 Å². The van der Waals surface area contributed by atoms with E-state index in [0.29, 0.717) is 32.4 Å². The predicted molar refractivity (Wildman–Crippen MR) is 70.8 cm³/mol. The molecule has 0 aromatic heterocycles. The summed E-state index contributed by atoms with van der Waals surface area (Å²) in [6.07, 6.45) is 3.38. The van der Waals surface area contributed by atoms with Crippen LogP contribution in [0.5, 0.6) is 0 Å². The molecule has 0 spiro atoms. The number of aliphatic carboxylic acids is 1. The zero-order valence-corrected chi connectivity index (χ0v) is 11.4. The van der Waals surface area contributed by atoms with Crippen molar-refractivity contribution in [2.75, 3.05) is 13.1 Å². The highest BCUT2D eigenvalue weighted by Gasteiger charge is 2.32. The summed E-state index contributed by atoms with van der Waals surface area (Å²) in [6, 6.07) is -0.310. The molecule has 0 bridgehead atoms. The SMILES string of the molecule is NC(=O)C1CCN(C(=O)NC2CCCC(C(=O)O)C2)C1. The fraction of sp³-hybridized carbons (Fsp3) is 0.769. The third-order valence-corrected chi connectivity index (χ3v) is 4.23. The Balaban J connectivity index is 1.83. The summed E-state index contributed by atoms with van der Waals surface area (Å²) in [5, 5.41) is 11.9. The zero-order valence-electron chi connectivity index (χ0n) is 11.4. The lowest BCUT2D eigenvalue weighted by Crippen LogP contribution is -2.46. The van der Waals surface area contributed by atoms with Crippen molar-refractivity contribution in [2.24, 2.45) is 17.6 Å². The van der Waals surface area contributed by atoms with Crippen LogP contribution in [0.15, 0.2) is 0 Å². The quantitative estimate of drug-likeness (QED) is 0.684. The van der Waals surface area contributed by atoms with E-state index >= 15 is 0 Å². The minimum atomic E-state index is -0.793. The Hall–Kier alpha value is -1.79. The van der Waals surface area contributed by atoms with Gasteiger partial charge in [0.05, 0.1) is 11.8 Å². The Morgan fingerprint density at radius 1 is 1.15 bits per heavy atom. The van der Waals surface area contributed by atoms with E-state index in [1.165, 1.54) is 0 Å². The second kappa shape index (κ2) is 6.11. The lowest BCUT2D eigenvalue weighted by molar-refractivity contribution is -0.143. The van der Waals surface area contributed by atoms with Crippen molar-refractivity contribution in [2.45, 2.75) is 38.1 Å². The van der Waals surface area contributed by atoms with E-state index in [1.807, 2.05) is 0 Å². The van der Waals surface area contributed by atoms with Gasteiger partial charge in [0.1, 0.15) is 0 Å². The molecule has 1 saturated heterocycles. The van der Waals surface area contributed by atoms with E-state index in [9.17, 15) is 14.4 Å². The van der Waals surface area contributed by atoms with E-state index in [0.717, 1.165) is 12.8 Å². The highest BCUT2D eigenvalue weighted by Crippen LogP contribution is 2.25. The number of carbonyl (C=O) groups excluding carboxylic acids is 2. The molecular weight excluding hydrogens is 262 g/mol. The zero-order chi connectivity index (χ0) is 14.7. The van der Waals surface area contributed by atoms with E-state index in [-0.39, 0.29) is 29.8 Å². The summed E-state index contributed by atoms with van der Waals surface area (Å²) in [7, 11) is 0. The summed E-state index contributed by atoms with van der Waals surface area (Å²) >= 11 is 0. The Morgan fingerprint density at radius 2 is 1.90 bits per heavy atom. The first kappa shape index (κ1) is 14.6. The van der Waals surface area contributed by atoms with Crippen LogP contribution in [0.3, 0.4) is 0 Å². The fourth-order valence-corrected chi connectivity index (χ4v) is 2.99. The number of carbonyl (C=O) groups is 3. The van der Waals surface area contributed by atoms with Crippen molar-refractivity contribution in [3.8, 4) is 0 Å². The Kier molecular flexibility index (Phi) is 4.46. The molecule has 1 heterocycles. The van der Waals surface area contributed by atoms with Crippen molar-refractivity contribution in [3.63, 3.8) is 0 Å². The van der Waals surface area contributed by atoms with Gasteiger partial charge in [-0.25, -0.2) is 4.79 Å². The molecule has 3 amide bonds. The number of carboxylic acid groups (broad SMARTS) is 1. The highest BCUT2D eigenvalue weighted by atomic mass is 16.4. The lowest BCUT2D eigenvalue weighted by atomic mass is 9.86. The number of urea groups is 1. The van der Waals surface area contributed by atoms with Crippen molar-refractivity contribution < 1.29 is 19.5 Å². The van der Waals surface area contributed by atoms with Crippen molar-refractivity contribution >= 4 is 17.9 Å². The predicted octanol–water partition coefficient (Wildman–Crippen LogP) is 0.147. The number of nitrogens with one attached hydrogen (secondary N) is 1. The molecule has 1 aliphatic carbocycles. The lowest BCUT2D eigenvalue weighted by Gasteiger charge is -2.29. The van der Waals surface area contributed by atoms with E-state index in [1.54, 1.807) is 4.90 Å². The summed E-state index contributed by atoms with van der Waals surface area (Å²) in [6.45, 7) is 0.880.